The molecular formula is C14H23BrN2OS. The highest BCUT2D eigenvalue weighted by Crippen LogP contribution is 2.33. The molecular weight excluding hydrogens is 324 g/mol. The van der Waals surface area contributed by atoms with E-state index in [1.54, 1.807) is 11.3 Å². The molecule has 0 aliphatic heterocycles. The topological polar surface area (TPSA) is 49.5 Å². The standard InChI is InChI=1S/C14H23BrN2OS/c15-11-8-14(19-10-11)13(9-16)17(6-7-18)12-4-2-1-3-5-12/h8,10,12-13,18H,1-7,9,16H2. The Labute approximate surface area is 127 Å². The first-order valence-corrected chi connectivity index (χ1v) is 8.74. The summed E-state index contributed by atoms with van der Waals surface area (Å²) >= 11 is 5.27. The van der Waals surface area contributed by atoms with Crippen molar-refractivity contribution in [3.8, 4) is 0 Å². The average molecular weight is 347 g/mol. The van der Waals surface area contributed by atoms with Crippen LogP contribution in [0.2, 0.25) is 0 Å². The van der Waals surface area contributed by atoms with Gasteiger partial charge in [-0.05, 0) is 34.8 Å². The minimum Gasteiger partial charge on any atom is -0.395 e. The number of hydrogen-bond donors (Lipinski definition) is 2. The monoisotopic (exact) mass is 346 g/mol. The molecule has 0 saturated heterocycles. The fourth-order valence-electron chi connectivity index (χ4n) is 3.04. The van der Waals surface area contributed by atoms with Crippen molar-refractivity contribution in [3.05, 3.63) is 20.8 Å². The molecule has 1 atom stereocenters. The van der Waals surface area contributed by atoms with E-state index in [0.29, 0.717) is 12.6 Å². The Morgan fingerprint density at radius 1 is 1.42 bits per heavy atom. The third-order valence-corrected chi connectivity index (χ3v) is 5.74. The van der Waals surface area contributed by atoms with Gasteiger partial charge < -0.3 is 10.8 Å². The molecule has 108 valence electrons. The molecule has 0 spiro atoms. The normalized spacial score (nSPS) is 18.9. The highest BCUT2D eigenvalue weighted by atomic mass is 79.9. The molecule has 1 saturated carbocycles. The van der Waals surface area contributed by atoms with Gasteiger partial charge >= 0.3 is 0 Å². The predicted octanol–water partition coefficient (Wildman–Crippen LogP) is 3.14. The molecule has 1 aromatic heterocycles. The van der Waals surface area contributed by atoms with Crippen molar-refractivity contribution in [1.82, 2.24) is 4.90 Å². The summed E-state index contributed by atoms with van der Waals surface area (Å²) in [5.41, 5.74) is 6.02. The van der Waals surface area contributed by atoms with E-state index >= 15 is 0 Å². The number of aliphatic hydroxyl groups excluding tert-OH is 1. The van der Waals surface area contributed by atoms with E-state index in [-0.39, 0.29) is 12.6 Å². The third kappa shape index (κ3) is 4.02. The summed E-state index contributed by atoms with van der Waals surface area (Å²) < 4.78 is 1.12. The molecule has 1 aliphatic carbocycles. The number of thiophene rings is 1. The van der Waals surface area contributed by atoms with Gasteiger partial charge in [0, 0.05) is 33.9 Å². The fraction of sp³-hybridized carbons (Fsp3) is 0.714. The molecule has 1 aliphatic rings. The summed E-state index contributed by atoms with van der Waals surface area (Å²) in [4.78, 5) is 3.73. The summed E-state index contributed by atoms with van der Waals surface area (Å²) in [6, 6.07) is 2.98. The summed E-state index contributed by atoms with van der Waals surface area (Å²) in [5.74, 6) is 0. The van der Waals surface area contributed by atoms with Crippen LogP contribution in [0.5, 0.6) is 0 Å². The zero-order valence-electron chi connectivity index (χ0n) is 11.2. The van der Waals surface area contributed by atoms with Crippen molar-refractivity contribution in [2.45, 2.75) is 44.2 Å². The van der Waals surface area contributed by atoms with Gasteiger partial charge in [0.2, 0.25) is 0 Å². The van der Waals surface area contributed by atoms with E-state index in [2.05, 4.69) is 32.3 Å². The van der Waals surface area contributed by atoms with Crippen LogP contribution in [-0.2, 0) is 0 Å². The minimum absolute atomic E-state index is 0.208. The smallest absolute Gasteiger partial charge is 0.0568 e. The first-order chi connectivity index (χ1) is 9.26. The van der Waals surface area contributed by atoms with Gasteiger partial charge in [0.1, 0.15) is 0 Å². The molecule has 3 nitrogen and oxygen atoms in total. The zero-order valence-corrected chi connectivity index (χ0v) is 13.6. The first-order valence-electron chi connectivity index (χ1n) is 7.07. The van der Waals surface area contributed by atoms with E-state index in [1.807, 2.05) is 0 Å². The second kappa shape index (κ2) is 7.74. The van der Waals surface area contributed by atoms with E-state index in [1.165, 1.54) is 37.0 Å². The molecule has 1 heterocycles. The number of halogens is 1. The summed E-state index contributed by atoms with van der Waals surface area (Å²) in [7, 11) is 0. The van der Waals surface area contributed by atoms with Crippen molar-refractivity contribution in [3.63, 3.8) is 0 Å². The van der Waals surface area contributed by atoms with Gasteiger partial charge in [-0.3, -0.25) is 4.90 Å². The van der Waals surface area contributed by atoms with Gasteiger partial charge in [-0.2, -0.15) is 0 Å². The van der Waals surface area contributed by atoms with Gasteiger partial charge in [-0.15, -0.1) is 11.3 Å². The molecule has 3 N–H and O–H groups in total. The van der Waals surface area contributed by atoms with Crippen LogP contribution in [-0.4, -0.2) is 35.7 Å². The zero-order chi connectivity index (χ0) is 13.7. The molecule has 0 radical (unpaired) electrons. The molecule has 5 heteroatoms. The molecule has 1 unspecified atom stereocenters. The Morgan fingerprint density at radius 3 is 2.68 bits per heavy atom. The SMILES string of the molecule is NCC(c1cc(Br)cs1)N(CCO)C1CCCCC1. The quantitative estimate of drug-likeness (QED) is 0.831. The first kappa shape index (κ1) is 15.4. The second-order valence-corrected chi connectivity index (χ2v) is 7.03. The summed E-state index contributed by atoms with van der Waals surface area (Å²) in [6.07, 6.45) is 6.43. The lowest BCUT2D eigenvalue weighted by atomic mass is 9.93. The van der Waals surface area contributed by atoms with Crippen molar-refractivity contribution >= 4 is 27.3 Å². The Hall–Kier alpha value is 0.0600. The molecule has 1 fully saturated rings. The maximum atomic E-state index is 9.38. The van der Waals surface area contributed by atoms with Crippen LogP contribution in [0.3, 0.4) is 0 Å². The Kier molecular flexibility index (Phi) is 6.29. The van der Waals surface area contributed by atoms with Crippen molar-refractivity contribution < 1.29 is 5.11 Å². The van der Waals surface area contributed by atoms with E-state index in [9.17, 15) is 5.11 Å². The fourth-order valence-corrected chi connectivity index (χ4v) is 4.62. The maximum Gasteiger partial charge on any atom is 0.0568 e. The van der Waals surface area contributed by atoms with Crippen LogP contribution < -0.4 is 5.73 Å². The Balaban J connectivity index is 2.14. The lowest BCUT2D eigenvalue weighted by Gasteiger charge is -2.39. The van der Waals surface area contributed by atoms with Crippen molar-refractivity contribution in [2.24, 2.45) is 5.73 Å². The number of rotatable bonds is 6. The van der Waals surface area contributed by atoms with Crippen molar-refractivity contribution in [2.75, 3.05) is 19.7 Å². The van der Waals surface area contributed by atoms with E-state index in [4.69, 9.17) is 5.73 Å². The molecule has 2 rings (SSSR count). The highest BCUT2D eigenvalue weighted by molar-refractivity contribution is 9.10. The predicted molar refractivity (Wildman–Crippen MR) is 84.5 cm³/mol. The molecule has 0 bridgehead atoms. The van der Waals surface area contributed by atoms with Crippen molar-refractivity contribution in [1.29, 1.82) is 0 Å². The molecule has 0 aromatic carbocycles. The third-order valence-electron chi connectivity index (χ3n) is 3.94. The van der Waals surface area contributed by atoms with E-state index < -0.39 is 0 Å². The number of nitrogens with two attached hydrogens (primary N) is 1. The molecule has 1 aromatic rings. The van der Waals surface area contributed by atoms with Crippen LogP contribution in [0, 0.1) is 0 Å². The minimum atomic E-state index is 0.208. The van der Waals surface area contributed by atoms with Crippen LogP contribution in [0.25, 0.3) is 0 Å². The average Bonchev–Trinajstić information content (AvgIpc) is 2.86. The van der Waals surface area contributed by atoms with Crippen LogP contribution >= 0.6 is 27.3 Å². The summed E-state index contributed by atoms with van der Waals surface area (Å²) in [6.45, 7) is 1.55. The Morgan fingerprint density at radius 2 is 2.16 bits per heavy atom. The largest absolute Gasteiger partial charge is 0.395 e. The van der Waals surface area contributed by atoms with Gasteiger partial charge in [0.05, 0.1) is 12.6 Å². The number of hydrogen-bond acceptors (Lipinski definition) is 4. The number of nitrogens with zero attached hydrogens (tertiary/aromatic N) is 1. The van der Waals surface area contributed by atoms with Crippen LogP contribution in [0.15, 0.2) is 15.9 Å². The Bertz CT molecular complexity index is 379. The van der Waals surface area contributed by atoms with Crippen LogP contribution in [0.1, 0.15) is 43.0 Å². The molecule has 19 heavy (non-hydrogen) atoms. The summed E-state index contributed by atoms with van der Waals surface area (Å²) in [5, 5.41) is 11.5. The van der Waals surface area contributed by atoms with Gasteiger partial charge in [0.15, 0.2) is 0 Å². The lowest BCUT2D eigenvalue weighted by molar-refractivity contribution is 0.0844. The number of aliphatic hydroxyl groups is 1. The maximum absolute atomic E-state index is 9.38. The van der Waals surface area contributed by atoms with Crippen LogP contribution in [0.4, 0.5) is 0 Å². The molecule has 0 amide bonds. The van der Waals surface area contributed by atoms with Gasteiger partial charge in [-0.1, -0.05) is 19.3 Å². The lowest BCUT2D eigenvalue weighted by Crippen LogP contribution is -2.43. The second-order valence-electron chi connectivity index (χ2n) is 5.17. The van der Waals surface area contributed by atoms with Gasteiger partial charge in [-0.25, -0.2) is 0 Å². The van der Waals surface area contributed by atoms with Gasteiger partial charge in [0.25, 0.3) is 0 Å². The van der Waals surface area contributed by atoms with E-state index in [0.717, 1.165) is 11.0 Å². The highest BCUT2D eigenvalue weighted by Gasteiger charge is 2.28.